The van der Waals surface area contributed by atoms with Gasteiger partial charge in [0.25, 0.3) is 0 Å². The zero-order valence-corrected chi connectivity index (χ0v) is 33.9. The van der Waals surface area contributed by atoms with Crippen molar-refractivity contribution in [2.75, 3.05) is 0 Å². The maximum atomic E-state index is 5.56. The number of nitrogens with zero attached hydrogens (tertiary/aromatic N) is 4. The molecule has 0 unspecified atom stereocenters. The fourth-order valence-electron chi connectivity index (χ4n) is 9.81. The number of para-hydroxylation sites is 1. The van der Waals surface area contributed by atoms with Crippen LogP contribution < -0.4 is 0 Å². The SMILES string of the molecule is C1=Cc2c(n(-c3ccccc3)c3ccc(-c4ccc5c(c4)c4c6ccccc6ccc4n5-c4nc(-c5ccccc5)c5c(ccc6cc(-c7ccccc7)sc65)n4)cc23)CC1. The second-order valence-electron chi connectivity index (χ2n) is 16.0. The number of benzene rings is 8. The second-order valence-corrected chi connectivity index (χ2v) is 17.1. The summed E-state index contributed by atoms with van der Waals surface area (Å²) in [5, 5.41) is 8.38. The van der Waals surface area contributed by atoms with Crippen LogP contribution in [0.25, 0.3) is 115 Å². The summed E-state index contributed by atoms with van der Waals surface area (Å²) in [5.41, 5.74) is 13.9. The number of allylic oxidation sites excluding steroid dienone is 1. The smallest absolute Gasteiger partial charge is 0.235 e. The Labute approximate surface area is 355 Å². The third-order valence-electron chi connectivity index (χ3n) is 12.6. The monoisotopic (exact) mass is 796 g/mol. The van der Waals surface area contributed by atoms with Gasteiger partial charge in [0.1, 0.15) is 0 Å². The van der Waals surface area contributed by atoms with Gasteiger partial charge in [-0.15, -0.1) is 11.3 Å². The van der Waals surface area contributed by atoms with Crippen molar-refractivity contribution in [1.82, 2.24) is 19.1 Å². The van der Waals surface area contributed by atoms with Crippen LogP contribution >= 0.6 is 11.3 Å². The van der Waals surface area contributed by atoms with Gasteiger partial charge < -0.3 is 4.57 Å². The van der Waals surface area contributed by atoms with Gasteiger partial charge >= 0.3 is 0 Å². The van der Waals surface area contributed by atoms with E-state index in [1.165, 1.54) is 81.0 Å². The number of thiophene rings is 1. The van der Waals surface area contributed by atoms with Gasteiger partial charge in [0, 0.05) is 53.6 Å². The van der Waals surface area contributed by atoms with Gasteiger partial charge in [0.2, 0.25) is 5.95 Å². The van der Waals surface area contributed by atoms with Crippen molar-refractivity contribution in [2.45, 2.75) is 12.8 Å². The van der Waals surface area contributed by atoms with Crippen molar-refractivity contribution in [3.63, 3.8) is 0 Å². The highest BCUT2D eigenvalue weighted by Crippen LogP contribution is 2.44. The molecule has 0 spiro atoms. The van der Waals surface area contributed by atoms with Gasteiger partial charge in [0.15, 0.2) is 0 Å². The normalized spacial score (nSPS) is 12.7. The van der Waals surface area contributed by atoms with Crippen LogP contribution in [-0.4, -0.2) is 19.1 Å². The molecule has 0 atom stereocenters. The molecule has 0 amide bonds. The summed E-state index contributed by atoms with van der Waals surface area (Å²) in [6.45, 7) is 0. The first-order valence-corrected chi connectivity index (χ1v) is 21.8. The Hall–Kier alpha value is -7.60. The van der Waals surface area contributed by atoms with Crippen LogP contribution in [0.15, 0.2) is 188 Å². The molecular formula is C56H36N4S. The van der Waals surface area contributed by atoms with Crippen LogP contribution in [0, 0.1) is 0 Å². The van der Waals surface area contributed by atoms with Crippen LogP contribution in [-0.2, 0) is 6.42 Å². The maximum absolute atomic E-state index is 5.56. The van der Waals surface area contributed by atoms with E-state index in [-0.39, 0.29) is 0 Å². The molecule has 286 valence electrons. The lowest BCUT2D eigenvalue weighted by Gasteiger charge is -2.13. The molecule has 0 radical (unpaired) electrons. The highest BCUT2D eigenvalue weighted by atomic mass is 32.1. The van der Waals surface area contributed by atoms with E-state index in [1.54, 1.807) is 0 Å². The molecule has 4 nitrogen and oxygen atoms in total. The lowest BCUT2D eigenvalue weighted by molar-refractivity contribution is 0.888. The quantitative estimate of drug-likeness (QED) is 0.174. The zero-order valence-electron chi connectivity index (χ0n) is 33.1. The van der Waals surface area contributed by atoms with Crippen LogP contribution in [0.1, 0.15) is 17.7 Å². The Balaban J connectivity index is 1.05. The van der Waals surface area contributed by atoms with Gasteiger partial charge in [-0.25, -0.2) is 9.97 Å². The molecule has 0 fully saturated rings. The first-order valence-electron chi connectivity index (χ1n) is 21.0. The van der Waals surface area contributed by atoms with Crippen molar-refractivity contribution in [3.05, 3.63) is 199 Å². The number of aromatic nitrogens is 4. The summed E-state index contributed by atoms with van der Waals surface area (Å²) in [7, 11) is 0. The van der Waals surface area contributed by atoms with Crippen molar-refractivity contribution in [2.24, 2.45) is 0 Å². The predicted molar refractivity (Wildman–Crippen MR) is 257 cm³/mol. The van der Waals surface area contributed by atoms with Crippen molar-refractivity contribution < 1.29 is 0 Å². The summed E-state index contributed by atoms with van der Waals surface area (Å²) in [5.74, 6) is 0.663. The van der Waals surface area contributed by atoms with Crippen LogP contribution in [0.4, 0.5) is 0 Å². The standard InChI is InChI=1S/C56H36N4S/c1-4-15-36(16-5-1)51-34-40-24-28-46-53(55(40)61-51)54(37-17-6-2-7-18-37)58-56(57-46)60-49-30-27-39(33-45(49)52-42-21-11-10-14-35(42)25-31-50(52)60)38-26-29-48-44(32-38)43-22-12-13-23-47(43)59(48)41-19-8-3-9-20-41/h1-12,14-22,24-34H,13,23H2. The topological polar surface area (TPSA) is 35.6 Å². The van der Waals surface area contributed by atoms with E-state index in [4.69, 9.17) is 9.97 Å². The molecule has 0 aliphatic heterocycles. The van der Waals surface area contributed by atoms with E-state index < -0.39 is 0 Å². The first-order chi connectivity index (χ1) is 30.2. The highest BCUT2D eigenvalue weighted by Gasteiger charge is 2.23. The molecule has 13 rings (SSSR count). The summed E-state index contributed by atoms with van der Waals surface area (Å²) in [6.07, 6.45) is 6.73. The molecule has 0 N–H and O–H groups in total. The van der Waals surface area contributed by atoms with Crippen LogP contribution in [0.5, 0.6) is 0 Å². The molecule has 0 saturated carbocycles. The highest BCUT2D eigenvalue weighted by molar-refractivity contribution is 7.23. The van der Waals surface area contributed by atoms with Gasteiger partial charge in [-0.05, 0) is 100 Å². The van der Waals surface area contributed by atoms with Crippen molar-refractivity contribution in [3.8, 4) is 44.5 Å². The third-order valence-corrected chi connectivity index (χ3v) is 13.8. The molecule has 4 heterocycles. The zero-order chi connectivity index (χ0) is 40.0. The number of hydrogen-bond acceptors (Lipinski definition) is 3. The number of fused-ring (bicyclic) bond motifs is 11. The van der Waals surface area contributed by atoms with Gasteiger partial charge in [-0.1, -0.05) is 140 Å². The second kappa shape index (κ2) is 13.5. The fraction of sp³-hybridized carbons (Fsp3) is 0.0357. The van der Waals surface area contributed by atoms with E-state index >= 15 is 0 Å². The molecule has 12 aromatic rings. The predicted octanol–water partition coefficient (Wildman–Crippen LogP) is 15.0. The minimum Gasteiger partial charge on any atom is -0.313 e. The van der Waals surface area contributed by atoms with Crippen molar-refractivity contribution >= 4 is 81.9 Å². The molecule has 1 aliphatic rings. The Bertz CT molecular complexity index is 3740. The van der Waals surface area contributed by atoms with Gasteiger partial charge in [-0.3, -0.25) is 4.57 Å². The van der Waals surface area contributed by atoms with Crippen LogP contribution in [0.3, 0.4) is 0 Å². The lowest BCUT2D eigenvalue weighted by Crippen LogP contribution is -2.03. The molecular weight excluding hydrogens is 761 g/mol. The summed E-state index contributed by atoms with van der Waals surface area (Å²) in [4.78, 5) is 12.2. The van der Waals surface area contributed by atoms with E-state index in [9.17, 15) is 0 Å². The Morgan fingerprint density at radius 2 is 1.15 bits per heavy atom. The van der Waals surface area contributed by atoms with Crippen LogP contribution in [0.2, 0.25) is 0 Å². The molecule has 0 saturated heterocycles. The average Bonchev–Trinajstić information content (AvgIpc) is 4.02. The third kappa shape index (κ3) is 5.30. The summed E-state index contributed by atoms with van der Waals surface area (Å²) in [6, 6.07) is 65.9. The Kier molecular flexibility index (Phi) is 7.57. The molecule has 4 aromatic heterocycles. The molecule has 61 heavy (non-hydrogen) atoms. The number of rotatable bonds is 5. The summed E-state index contributed by atoms with van der Waals surface area (Å²) >= 11 is 1.81. The van der Waals surface area contributed by atoms with E-state index in [0.29, 0.717) is 5.95 Å². The van der Waals surface area contributed by atoms with Crippen molar-refractivity contribution in [1.29, 1.82) is 0 Å². The number of hydrogen-bond donors (Lipinski definition) is 0. The van der Waals surface area contributed by atoms with Gasteiger partial charge in [-0.2, -0.15) is 0 Å². The van der Waals surface area contributed by atoms with E-state index in [1.807, 2.05) is 11.3 Å². The van der Waals surface area contributed by atoms with Gasteiger partial charge in [0.05, 0.1) is 27.8 Å². The first kappa shape index (κ1) is 34.3. The molecule has 8 aromatic carbocycles. The Morgan fingerprint density at radius 1 is 0.475 bits per heavy atom. The van der Waals surface area contributed by atoms with E-state index in [0.717, 1.165) is 46.0 Å². The maximum Gasteiger partial charge on any atom is 0.235 e. The minimum atomic E-state index is 0.663. The Morgan fingerprint density at radius 3 is 1.95 bits per heavy atom. The minimum absolute atomic E-state index is 0.663. The largest absolute Gasteiger partial charge is 0.313 e. The fourth-order valence-corrected chi connectivity index (χ4v) is 11.0. The van der Waals surface area contributed by atoms with E-state index in [2.05, 4.69) is 203 Å². The summed E-state index contributed by atoms with van der Waals surface area (Å²) < 4.78 is 5.94. The average molecular weight is 797 g/mol. The molecule has 0 bridgehead atoms. The lowest BCUT2D eigenvalue weighted by atomic mass is 9.97. The molecule has 5 heteroatoms. The molecule has 1 aliphatic carbocycles.